The van der Waals surface area contributed by atoms with Crippen LogP contribution in [0.15, 0.2) is 67.3 Å². The molecule has 5 rings (SSSR count). The van der Waals surface area contributed by atoms with Gasteiger partial charge in [-0.1, -0.05) is 6.92 Å². The topological polar surface area (TPSA) is 92.2 Å². The molecule has 12 heteroatoms. The Labute approximate surface area is 196 Å². The molecule has 0 saturated carbocycles. The quantitative estimate of drug-likeness (QED) is 0.333. The molecule has 35 heavy (non-hydrogen) atoms. The Morgan fingerprint density at radius 3 is 2.37 bits per heavy atom. The van der Waals surface area contributed by atoms with E-state index in [1.807, 2.05) is 17.7 Å². The second-order valence-electron chi connectivity index (χ2n) is 7.37. The van der Waals surface area contributed by atoms with Crippen molar-refractivity contribution in [2.45, 2.75) is 26.3 Å². The largest absolute Gasteiger partial charge is 0.573 e. The highest BCUT2D eigenvalue weighted by Gasteiger charge is 2.31. The minimum atomic E-state index is -4.75. The first-order valence-electron chi connectivity index (χ1n) is 10.6. The Kier molecular flexibility index (Phi) is 5.77. The summed E-state index contributed by atoms with van der Waals surface area (Å²) in [5, 5.41) is 4.52. The SMILES string of the molecule is CCc1c(Cn2ccnc2-c2ncccn2)nc2ccc(Oc3ccc(OC(F)(F)F)cc3)nn12. The van der Waals surface area contributed by atoms with Crippen molar-refractivity contribution in [3.05, 3.63) is 78.6 Å². The summed E-state index contributed by atoms with van der Waals surface area (Å²) >= 11 is 0. The van der Waals surface area contributed by atoms with Crippen molar-refractivity contribution in [2.75, 3.05) is 0 Å². The van der Waals surface area contributed by atoms with Crippen LogP contribution in [0.1, 0.15) is 18.3 Å². The third-order valence-electron chi connectivity index (χ3n) is 5.04. The molecule has 0 aliphatic rings. The molecule has 0 aliphatic heterocycles. The molecular formula is C23H18F3N7O2. The lowest BCUT2D eigenvalue weighted by Gasteiger charge is -2.10. The lowest BCUT2D eigenvalue weighted by Crippen LogP contribution is -2.16. The minimum Gasteiger partial charge on any atom is -0.438 e. The monoisotopic (exact) mass is 481 g/mol. The number of halogens is 3. The van der Waals surface area contributed by atoms with Gasteiger partial charge < -0.3 is 14.0 Å². The van der Waals surface area contributed by atoms with Crippen LogP contribution in [-0.4, -0.2) is 40.5 Å². The smallest absolute Gasteiger partial charge is 0.438 e. The van der Waals surface area contributed by atoms with Gasteiger partial charge in [-0.05, 0) is 42.8 Å². The summed E-state index contributed by atoms with van der Waals surface area (Å²) in [4.78, 5) is 17.6. The van der Waals surface area contributed by atoms with Crippen LogP contribution in [0.2, 0.25) is 0 Å². The summed E-state index contributed by atoms with van der Waals surface area (Å²) in [6.45, 7) is 2.44. The van der Waals surface area contributed by atoms with E-state index in [1.54, 1.807) is 41.3 Å². The van der Waals surface area contributed by atoms with Crippen molar-refractivity contribution >= 4 is 5.65 Å². The van der Waals surface area contributed by atoms with Gasteiger partial charge in [0.2, 0.25) is 5.88 Å². The Bertz CT molecular complexity index is 1450. The van der Waals surface area contributed by atoms with Crippen LogP contribution >= 0.6 is 0 Å². The highest BCUT2D eigenvalue weighted by atomic mass is 19.4. The fraction of sp³-hybridized carbons (Fsp3) is 0.174. The van der Waals surface area contributed by atoms with E-state index < -0.39 is 6.36 Å². The second kappa shape index (κ2) is 9.05. The van der Waals surface area contributed by atoms with Gasteiger partial charge in [0.15, 0.2) is 17.3 Å². The molecule has 0 fully saturated rings. The number of ether oxygens (including phenoxy) is 2. The molecule has 0 spiro atoms. The number of rotatable bonds is 7. The van der Waals surface area contributed by atoms with Gasteiger partial charge in [0.1, 0.15) is 11.5 Å². The second-order valence-corrected chi connectivity index (χ2v) is 7.37. The van der Waals surface area contributed by atoms with E-state index >= 15 is 0 Å². The Hall–Kier alpha value is -4.48. The van der Waals surface area contributed by atoms with Crippen LogP contribution in [0.25, 0.3) is 17.3 Å². The third-order valence-corrected chi connectivity index (χ3v) is 5.04. The fourth-order valence-electron chi connectivity index (χ4n) is 3.59. The van der Waals surface area contributed by atoms with Gasteiger partial charge in [-0.15, -0.1) is 18.3 Å². The highest BCUT2D eigenvalue weighted by molar-refractivity contribution is 5.46. The average Bonchev–Trinajstić information content (AvgIpc) is 3.44. The molecule has 0 atom stereocenters. The molecule has 0 radical (unpaired) electrons. The Morgan fingerprint density at radius 2 is 1.66 bits per heavy atom. The van der Waals surface area contributed by atoms with Crippen molar-refractivity contribution in [1.29, 1.82) is 0 Å². The predicted octanol–water partition coefficient (Wildman–Crippen LogP) is 4.68. The lowest BCUT2D eigenvalue weighted by atomic mass is 10.2. The summed E-state index contributed by atoms with van der Waals surface area (Å²) < 4.78 is 50.3. The number of hydrogen-bond acceptors (Lipinski definition) is 7. The van der Waals surface area contributed by atoms with Gasteiger partial charge in [-0.25, -0.2) is 24.5 Å². The zero-order valence-electron chi connectivity index (χ0n) is 18.3. The van der Waals surface area contributed by atoms with E-state index in [2.05, 4.69) is 24.8 Å². The van der Waals surface area contributed by atoms with Crippen molar-refractivity contribution in [3.63, 3.8) is 0 Å². The number of aromatic nitrogens is 7. The lowest BCUT2D eigenvalue weighted by molar-refractivity contribution is -0.274. The van der Waals surface area contributed by atoms with Crippen LogP contribution < -0.4 is 9.47 Å². The zero-order chi connectivity index (χ0) is 24.4. The number of benzene rings is 1. The molecule has 0 saturated heterocycles. The van der Waals surface area contributed by atoms with Gasteiger partial charge in [-0.3, -0.25) is 0 Å². The molecular weight excluding hydrogens is 463 g/mol. The summed E-state index contributed by atoms with van der Waals surface area (Å²) in [5.41, 5.74) is 2.32. The fourth-order valence-corrected chi connectivity index (χ4v) is 3.59. The van der Waals surface area contributed by atoms with Gasteiger partial charge in [0, 0.05) is 30.9 Å². The molecule has 0 amide bonds. The number of hydrogen-bond donors (Lipinski definition) is 0. The summed E-state index contributed by atoms with van der Waals surface area (Å²) in [6.07, 6.45) is 2.74. The number of imidazole rings is 2. The molecule has 0 N–H and O–H groups in total. The van der Waals surface area contributed by atoms with Gasteiger partial charge in [0.05, 0.1) is 17.9 Å². The molecule has 4 heterocycles. The van der Waals surface area contributed by atoms with Crippen molar-refractivity contribution in [1.82, 2.24) is 34.1 Å². The predicted molar refractivity (Wildman–Crippen MR) is 118 cm³/mol. The number of fused-ring (bicyclic) bond motifs is 1. The van der Waals surface area contributed by atoms with Crippen LogP contribution in [0.3, 0.4) is 0 Å². The summed E-state index contributed by atoms with van der Waals surface area (Å²) in [5.74, 6) is 1.39. The van der Waals surface area contributed by atoms with Gasteiger partial charge in [-0.2, -0.15) is 0 Å². The van der Waals surface area contributed by atoms with E-state index in [1.165, 1.54) is 24.3 Å². The third kappa shape index (κ3) is 4.90. The van der Waals surface area contributed by atoms with Crippen LogP contribution in [0, 0.1) is 0 Å². The normalized spacial score (nSPS) is 11.7. The molecule has 0 aliphatic carbocycles. The molecule has 4 aromatic heterocycles. The molecule has 9 nitrogen and oxygen atoms in total. The molecule has 1 aromatic carbocycles. The maximum absolute atomic E-state index is 12.4. The van der Waals surface area contributed by atoms with Crippen LogP contribution in [-0.2, 0) is 13.0 Å². The Balaban J connectivity index is 1.40. The van der Waals surface area contributed by atoms with E-state index in [-0.39, 0.29) is 11.6 Å². The average molecular weight is 481 g/mol. The molecule has 5 aromatic rings. The first kappa shape index (κ1) is 22.3. The van der Waals surface area contributed by atoms with E-state index in [4.69, 9.17) is 9.72 Å². The highest BCUT2D eigenvalue weighted by Crippen LogP contribution is 2.27. The van der Waals surface area contributed by atoms with E-state index in [9.17, 15) is 13.2 Å². The maximum atomic E-state index is 12.4. The molecule has 0 bridgehead atoms. The minimum absolute atomic E-state index is 0.265. The maximum Gasteiger partial charge on any atom is 0.573 e. The van der Waals surface area contributed by atoms with E-state index in [0.717, 1.165) is 11.4 Å². The van der Waals surface area contributed by atoms with Crippen molar-refractivity contribution in [2.24, 2.45) is 0 Å². The number of alkyl halides is 3. The van der Waals surface area contributed by atoms with Crippen LogP contribution in [0.4, 0.5) is 13.2 Å². The summed E-state index contributed by atoms with van der Waals surface area (Å²) in [6, 6.07) is 10.2. The summed E-state index contributed by atoms with van der Waals surface area (Å²) in [7, 11) is 0. The first-order chi connectivity index (χ1) is 16.9. The number of nitrogens with zero attached hydrogens (tertiary/aromatic N) is 7. The van der Waals surface area contributed by atoms with E-state index in [0.29, 0.717) is 36.0 Å². The molecule has 178 valence electrons. The van der Waals surface area contributed by atoms with Gasteiger partial charge >= 0.3 is 6.36 Å². The molecule has 0 unspecified atom stereocenters. The van der Waals surface area contributed by atoms with Crippen molar-refractivity contribution < 1.29 is 22.6 Å². The standard InChI is InChI=1S/C23H18F3N7O2/c1-2-18-17(14-32-13-12-29-22(32)21-27-10-3-11-28-21)30-19-8-9-20(31-33(18)19)34-15-4-6-16(7-5-15)35-23(24,25)26/h3-13H,2,14H2,1H3. The van der Waals surface area contributed by atoms with Crippen LogP contribution in [0.5, 0.6) is 17.4 Å². The van der Waals surface area contributed by atoms with Crippen molar-refractivity contribution in [3.8, 4) is 29.0 Å². The Morgan fingerprint density at radius 1 is 0.914 bits per heavy atom. The zero-order valence-corrected chi connectivity index (χ0v) is 18.3. The number of aryl methyl sites for hydroxylation is 1. The first-order valence-corrected chi connectivity index (χ1v) is 10.6. The van der Waals surface area contributed by atoms with Gasteiger partial charge in [0.25, 0.3) is 0 Å².